The second-order valence-electron chi connectivity index (χ2n) is 5.13. The zero-order chi connectivity index (χ0) is 17.2. The van der Waals surface area contributed by atoms with Crippen LogP contribution in [0, 0.1) is 15.0 Å². The Hall–Kier alpha value is -2.64. The number of hydrogen-bond donors (Lipinski definition) is 1. The summed E-state index contributed by atoms with van der Waals surface area (Å²) in [5, 5.41) is 16.4. The second kappa shape index (κ2) is 9.39. The molecule has 0 aromatic carbocycles. The Morgan fingerprint density at radius 3 is 2.83 bits per heavy atom. The molecule has 8 heteroatoms. The third-order valence-electron chi connectivity index (χ3n) is 3.35. The molecule has 1 aromatic rings. The molecule has 1 rings (SSSR count). The number of carbonyl (C=O) groups is 1. The van der Waals surface area contributed by atoms with Crippen molar-refractivity contribution in [3.63, 3.8) is 0 Å². The van der Waals surface area contributed by atoms with Crippen LogP contribution in [-0.4, -0.2) is 34.4 Å². The van der Waals surface area contributed by atoms with E-state index in [4.69, 9.17) is 0 Å². The molecule has 8 nitrogen and oxygen atoms in total. The number of carbonyl (C=O) groups excluding carboxylic acids is 1. The minimum absolute atomic E-state index is 0.00802. The number of amides is 1. The van der Waals surface area contributed by atoms with Gasteiger partial charge in [-0.3, -0.25) is 19.9 Å². The summed E-state index contributed by atoms with van der Waals surface area (Å²) in [7, 11) is 0. The van der Waals surface area contributed by atoms with Crippen molar-refractivity contribution >= 4 is 5.91 Å². The molecule has 0 aliphatic carbocycles. The molecule has 1 N–H and O–H groups in total. The van der Waals surface area contributed by atoms with Gasteiger partial charge >= 0.3 is 0 Å². The Kier molecular flexibility index (Phi) is 7.52. The quantitative estimate of drug-likeness (QED) is 0.323. The molecule has 0 saturated carbocycles. The van der Waals surface area contributed by atoms with Gasteiger partial charge in [0.05, 0.1) is 6.42 Å². The number of hydrogen-bond acceptors (Lipinski definition) is 6. The Labute approximate surface area is 134 Å². The standard InChI is InChI=1S/C15H20N4O4/c1-3-14(19(22)23)11(2)7-13(18-21)10-17-15(20)8-12-5-4-6-16-9-12/h4-7,9,13-14H,3,8,10H2,1-2H3,(H,17,20). The number of nitrogens with zero attached hydrogens (tertiary/aromatic N) is 3. The molecule has 1 amide bonds. The zero-order valence-corrected chi connectivity index (χ0v) is 13.1. The van der Waals surface area contributed by atoms with Crippen LogP contribution in [0.25, 0.3) is 0 Å². The number of nitro groups is 1. The Balaban J connectivity index is 2.57. The summed E-state index contributed by atoms with van der Waals surface area (Å²) in [6, 6.07) is 1.83. The first-order valence-electron chi connectivity index (χ1n) is 7.27. The smallest absolute Gasteiger partial charge is 0.233 e. The maximum atomic E-state index is 11.8. The van der Waals surface area contributed by atoms with E-state index in [2.05, 4.69) is 15.5 Å². The van der Waals surface area contributed by atoms with Crippen LogP contribution in [0.2, 0.25) is 0 Å². The van der Waals surface area contributed by atoms with E-state index < -0.39 is 17.0 Å². The Morgan fingerprint density at radius 2 is 2.30 bits per heavy atom. The van der Waals surface area contributed by atoms with Crippen LogP contribution >= 0.6 is 0 Å². The predicted molar refractivity (Wildman–Crippen MR) is 85.4 cm³/mol. The fourth-order valence-corrected chi connectivity index (χ4v) is 2.15. The summed E-state index contributed by atoms with van der Waals surface area (Å²) in [5.41, 5.74) is 1.22. The minimum Gasteiger partial charge on any atom is -0.353 e. The van der Waals surface area contributed by atoms with E-state index in [-0.39, 0.29) is 18.9 Å². The van der Waals surface area contributed by atoms with Gasteiger partial charge < -0.3 is 5.32 Å². The summed E-state index contributed by atoms with van der Waals surface area (Å²) < 4.78 is 0. The molecule has 2 atom stereocenters. The third kappa shape index (κ3) is 6.33. The van der Waals surface area contributed by atoms with E-state index in [1.807, 2.05) is 0 Å². The number of aromatic nitrogens is 1. The van der Waals surface area contributed by atoms with E-state index in [0.717, 1.165) is 5.56 Å². The van der Waals surface area contributed by atoms with Crippen molar-refractivity contribution in [2.24, 2.45) is 5.18 Å². The lowest BCUT2D eigenvalue weighted by Gasteiger charge is -2.11. The molecule has 23 heavy (non-hydrogen) atoms. The number of pyridine rings is 1. The Bertz CT molecular complexity index is 574. The topological polar surface area (TPSA) is 115 Å². The van der Waals surface area contributed by atoms with E-state index in [9.17, 15) is 19.8 Å². The first-order chi connectivity index (χ1) is 11.0. The highest BCUT2D eigenvalue weighted by Crippen LogP contribution is 2.11. The molecule has 0 bridgehead atoms. The van der Waals surface area contributed by atoms with Crippen LogP contribution in [0.3, 0.4) is 0 Å². The summed E-state index contributed by atoms with van der Waals surface area (Å²) in [6.45, 7) is 3.30. The van der Waals surface area contributed by atoms with Crippen LogP contribution < -0.4 is 5.32 Å². The predicted octanol–water partition coefficient (Wildman–Crippen LogP) is 1.88. The van der Waals surface area contributed by atoms with Crippen molar-refractivity contribution < 1.29 is 9.72 Å². The number of nitroso groups, excluding NO2 is 1. The highest BCUT2D eigenvalue weighted by Gasteiger charge is 2.21. The van der Waals surface area contributed by atoms with Gasteiger partial charge in [-0.1, -0.05) is 18.2 Å². The first kappa shape index (κ1) is 18.4. The van der Waals surface area contributed by atoms with Crippen molar-refractivity contribution in [2.75, 3.05) is 6.54 Å². The molecule has 0 aliphatic rings. The molecule has 0 radical (unpaired) electrons. The summed E-state index contributed by atoms with van der Waals surface area (Å²) in [6.07, 6.45) is 5.11. The molecule has 0 aliphatic heterocycles. The van der Waals surface area contributed by atoms with Gasteiger partial charge in [-0.15, -0.1) is 0 Å². The lowest BCUT2D eigenvalue weighted by Crippen LogP contribution is -2.32. The summed E-state index contributed by atoms with van der Waals surface area (Å²) in [4.78, 5) is 37.1. The van der Waals surface area contributed by atoms with E-state index in [1.54, 1.807) is 38.4 Å². The van der Waals surface area contributed by atoms with Crippen molar-refractivity contribution in [1.82, 2.24) is 10.3 Å². The average molecular weight is 320 g/mol. The van der Waals surface area contributed by atoms with E-state index in [1.165, 1.54) is 6.08 Å². The molecule has 2 unspecified atom stereocenters. The normalized spacial score (nSPS) is 13.9. The maximum Gasteiger partial charge on any atom is 0.233 e. The third-order valence-corrected chi connectivity index (χ3v) is 3.35. The first-order valence-corrected chi connectivity index (χ1v) is 7.27. The summed E-state index contributed by atoms with van der Waals surface area (Å²) in [5.74, 6) is -0.265. The van der Waals surface area contributed by atoms with Crippen LogP contribution in [0.1, 0.15) is 25.8 Å². The van der Waals surface area contributed by atoms with Crippen LogP contribution in [0.15, 0.2) is 41.4 Å². The highest BCUT2D eigenvalue weighted by atomic mass is 16.6. The number of nitrogens with one attached hydrogen (secondary N) is 1. The minimum atomic E-state index is -0.842. The van der Waals surface area contributed by atoms with Crippen LogP contribution in [0.4, 0.5) is 0 Å². The number of rotatable bonds is 9. The van der Waals surface area contributed by atoms with E-state index in [0.29, 0.717) is 12.0 Å². The van der Waals surface area contributed by atoms with Crippen LogP contribution in [0.5, 0.6) is 0 Å². The fourth-order valence-electron chi connectivity index (χ4n) is 2.15. The van der Waals surface area contributed by atoms with Gasteiger partial charge in [-0.2, -0.15) is 4.91 Å². The highest BCUT2D eigenvalue weighted by molar-refractivity contribution is 5.78. The van der Waals surface area contributed by atoms with E-state index >= 15 is 0 Å². The SMILES string of the molecule is CCC(C(C)=CC(CNC(=O)Cc1cccnc1)N=O)[N+](=O)[O-]. The summed E-state index contributed by atoms with van der Waals surface area (Å²) >= 11 is 0. The molecule has 0 fully saturated rings. The van der Waals surface area contributed by atoms with Crippen molar-refractivity contribution in [1.29, 1.82) is 0 Å². The molecular weight excluding hydrogens is 300 g/mol. The van der Waals surface area contributed by atoms with Crippen molar-refractivity contribution in [2.45, 2.75) is 38.8 Å². The lowest BCUT2D eigenvalue weighted by molar-refractivity contribution is -0.512. The zero-order valence-electron chi connectivity index (χ0n) is 13.1. The molecule has 124 valence electrons. The van der Waals surface area contributed by atoms with Crippen molar-refractivity contribution in [3.8, 4) is 0 Å². The van der Waals surface area contributed by atoms with Crippen molar-refractivity contribution in [3.05, 3.63) is 56.8 Å². The van der Waals surface area contributed by atoms with Gasteiger partial charge in [0.2, 0.25) is 11.9 Å². The van der Waals surface area contributed by atoms with Gasteiger partial charge in [0, 0.05) is 30.3 Å². The largest absolute Gasteiger partial charge is 0.353 e. The average Bonchev–Trinajstić information content (AvgIpc) is 2.52. The maximum absolute atomic E-state index is 11.8. The molecule has 0 spiro atoms. The van der Waals surface area contributed by atoms with Gasteiger partial charge in [-0.05, 0) is 30.2 Å². The molecule has 1 aromatic heterocycles. The van der Waals surface area contributed by atoms with Crippen LogP contribution in [-0.2, 0) is 11.2 Å². The van der Waals surface area contributed by atoms with Gasteiger partial charge in [-0.25, -0.2) is 0 Å². The molecule has 1 heterocycles. The Morgan fingerprint density at radius 1 is 1.57 bits per heavy atom. The molecule has 0 saturated heterocycles. The molecular formula is C15H20N4O4. The fraction of sp³-hybridized carbons (Fsp3) is 0.467. The van der Waals surface area contributed by atoms with Gasteiger partial charge in [0.25, 0.3) is 0 Å². The van der Waals surface area contributed by atoms with Gasteiger partial charge in [0.1, 0.15) is 6.04 Å². The van der Waals surface area contributed by atoms with Gasteiger partial charge in [0.15, 0.2) is 0 Å². The lowest BCUT2D eigenvalue weighted by atomic mass is 10.0. The monoisotopic (exact) mass is 320 g/mol. The second-order valence-corrected chi connectivity index (χ2v) is 5.13.